The fraction of sp³-hybridized carbons (Fsp3) is 0.267. The molecule has 4 aromatic rings. The third-order valence-electron chi connectivity index (χ3n) is 7.37. The molecule has 0 radical (unpaired) electrons. The molecule has 1 aliphatic heterocycles. The Balaban J connectivity index is 1.58. The van der Waals surface area contributed by atoms with Gasteiger partial charge in [0, 0.05) is 0 Å². The first-order valence-corrected chi connectivity index (χ1v) is 17.8. The van der Waals surface area contributed by atoms with Crippen LogP contribution < -0.4 is 7.06 Å². The molecule has 6 rings (SSSR count). The molecule has 1 fully saturated rings. The van der Waals surface area contributed by atoms with Gasteiger partial charge in [-0.05, 0) is 0 Å². The van der Waals surface area contributed by atoms with Gasteiger partial charge in [-0.15, -0.1) is 0 Å². The summed E-state index contributed by atoms with van der Waals surface area (Å²) in [6, 6.07) is 25.3. The van der Waals surface area contributed by atoms with E-state index in [1.807, 2.05) is 24.3 Å². The summed E-state index contributed by atoms with van der Waals surface area (Å²) in [6.07, 6.45) is 4.44. The number of aliphatic imine (C=N–C) groups is 2. The maximum atomic E-state index is 6.99. The van der Waals surface area contributed by atoms with Crippen molar-refractivity contribution in [2.45, 2.75) is 51.6 Å². The summed E-state index contributed by atoms with van der Waals surface area (Å²) in [5, 5.41) is 4.29. The van der Waals surface area contributed by atoms with Crippen LogP contribution in [-0.4, -0.2) is 39.5 Å². The normalized spacial score (nSPS) is 20.4. The fourth-order valence-electron chi connectivity index (χ4n) is 5.55. The van der Waals surface area contributed by atoms with E-state index in [2.05, 4.69) is 62.4 Å². The van der Waals surface area contributed by atoms with Crippen molar-refractivity contribution in [2.75, 3.05) is 0 Å². The van der Waals surface area contributed by atoms with Crippen LogP contribution in [-0.2, 0) is 0 Å². The Morgan fingerprint density at radius 3 is 1.58 bits per heavy atom. The molecular weight excluding hydrogens is 526 g/mol. The van der Waals surface area contributed by atoms with Crippen LogP contribution in [0.1, 0.15) is 50.7 Å². The first kappa shape index (κ1) is 23.7. The molecule has 0 N–H and O–H groups in total. The van der Waals surface area contributed by atoms with Crippen molar-refractivity contribution >= 4 is 58.6 Å². The second kappa shape index (κ2) is 9.96. The summed E-state index contributed by atoms with van der Waals surface area (Å²) in [5.41, 5.74) is 3.90. The second-order valence-corrected chi connectivity index (χ2v) is 13.7. The van der Waals surface area contributed by atoms with Gasteiger partial charge in [0.15, 0.2) is 0 Å². The van der Waals surface area contributed by atoms with Gasteiger partial charge in [-0.2, -0.15) is 0 Å². The van der Waals surface area contributed by atoms with Crippen LogP contribution in [0, 0.1) is 0 Å². The maximum absolute atomic E-state index is 6.99. The first-order chi connectivity index (χ1) is 17.6. The Morgan fingerprint density at radius 1 is 0.667 bits per heavy atom. The van der Waals surface area contributed by atoms with Crippen molar-refractivity contribution in [3.05, 3.63) is 83.9 Å². The zero-order valence-corrected chi connectivity index (χ0v) is 23.8. The number of fused-ring (bicyclic) bond motifs is 7. The molecule has 2 atom stereocenters. The van der Waals surface area contributed by atoms with Gasteiger partial charge in [-0.25, -0.2) is 0 Å². The molecule has 6 heteroatoms. The van der Waals surface area contributed by atoms with Crippen LogP contribution in [0.2, 0.25) is 0 Å². The number of halogens is 1. The van der Waals surface area contributed by atoms with Crippen LogP contribution in [0.4, 0.5) is 0 Å². The van der Waals surface area contributed by atoms with Gasteiger partial charge in [-0.1, -0.05) is 0 Å². The molecular formula is C30H28ClGaN2O2. The molecule has 1 saturated carbocycles. The average Bonchev–Trinajstić information content (AvgIpc) is 2.90. The van der Waals surface area contributed by atoms with Gasteiger partial charge < -0.3 is 0 Å². The van der Waals surface area contributed by atoms with Crippen molar-refractivity contribution in [3.8, 4) is 11.5 Å². The van der Waals surface area contributed by atoms with Crippen molar-refractivity contribution in [1.82, 2.24) is 0 Å². The average molecular weight is 554 g/mol. The predicted molar refractivity (Wildman–Crippen MR) is 151 cm³/mol. The van der Waals surface area contributed by atoms with Crippen molar-refractivity contribution < 1.29 is 7.06 Å². The third kappa shape index (κ3) is 4.45. The molecule has 2 aliphatic rings. The summed E-state index contributed by atoms with van der Waals surface area (Å²) in [7, 11) is 6.99. The summed E-state index contributed by atoms with van der Waals surface area (Å²) >= 11 is -3.26. The van der Waals surface area contributed by atoms with E-state index in [0.717, 1.165) is 68.4 Å². The Labute approximate surface area is 221 Å². The Hall–Kier alpha value is -2.73. The van der Waals surface area contributed by atoms with Crippen LogP contribution in [0.25, 0.3) is 21.5 Å². The van der Waals surface area contributed by atoms with E-state index < -0.39 is 15.9 Å². The van der Waals surface area contributed by atoms with Crippen LogP contribution >= 0.6 is 9.64 Å². The molecule has 4 nitrogen and oxygen atoms in total. The number of nitrogens with zero attached hydrogens (tertiary/aromatic N) is 2. The SMILES string of the molecule is CC1=N[C@@H]2CCCC[C@H]2N=C(C)c2ccc3ccccc3c2[O][Ga]([Cl])[O]c2c1ccc1ccccc21. The van der Waals surface area contributed by atoms with Gasteiger partial charge in [0.1, 0.15) is 0 Å². The molecule has 0 saturated heterocycles. The topological polar surface area (TPSA) is 43.2 Å². The second-order valence-electron chi connectivity index (χ2n) is 9.69. The Kier molecular flexibility index (Phi) is 6.55. The summed E-state index contributed by atoms with van der Waals surface area (Å²) in [5.74, 6) is 1.56. The van der Waals surface area contributed by atoms with E-state index in [4.69, 9.17) is 26.7 Å². The molecule has 0 unspecified atom stereocenters. The van der Waals surface area contributed by atoms with Crippen LogP contribution in [0.5, 0.6) is 11.5 Å². The zero-order valence-electron chi connectivity index (χ0n) is 20.6. The minimum absolute atomic E-state index is 0.145. The molecule has 0 aromatic heterocycles. The third-order valence-corrected chi connectivity index (χ3v) is 10.1. The predicted octanol–water partition coefficient (Wildman–Crippen LogP) is 7.62. The number of benzene rings is 4. The monoisotopic (exact) mass is 552 g/mol. The molecule has 1 aliphatic carbocycles. The van der Waals surface area contributed by atoms with E-state index in [0.29, 0.717) is 0 Å². The Bertz CT molecular complexity index is 1400. The van der Waals surface area contributed by atoms with E-state index in [-0.39, 0.29) is 12.1 Å². The van der Waals surface area contributed by atoms with Crippen molar-refractivity contribution in [3.63, 3.8) is 0 Å². The number of hydrogen-bond acceptors (Lipinski definition) is 4. The van der Waals surface area contributed by atoms with E-state index >= 15 is 0 Å². The molecule has 36 heavy (non-hydrogen) atoms. The van der Waals surface area contributed by atoms with Crippen LogP contribution in [0.3, 0.4) is 0 Å². The fourth-order valence-corrected chi connectivity index (χ4v) is 8.42. The van der Waals surface area contributed by atoms with Gasteiger partial charge >= 0.3 is 223 Å². The summed E-state index contributed by atoms with van der Waals surface area (Å²) < 4.78 is 13.2. The Morgan fingerprint density at radius 2 is 1.11 bits per heavy atom. The van der Waals surface area contributed by atoms with Gasteiger partial charge in [0.25, 0.3) is 0 Å². The van der Waals surface area contributed by atoms with Gasteiger partial charge in [0.2, 0.25) is 0 Å². The first-order valence-electron chi connectivity index (χ1n) is 12.7. The molecule has 0 amide bonds. The molecule has 0 bridgehead atoms. The van der Waals surface area contributed by atoms with Crippen LogP contribution in [0.15, 0.2) is 82.8 Å². The molecule has 0 spiro atoms. The standard InChI is InChI=1S/C30H30N2O2.ClH.Ga/c1-19(23-17-15-21-9-3-5-11-25(21)29(23)33)31-27-13-7-8-14-28(27)32-20(2)24-18-16-22-10-4-6-12-26(22)30(24)34;;/h3-6,9-12,15-18,27-28,33-34H,7-8,13-14H2,1-2H3;1H;/q;;+3/p-3/t27-,28-;;/m1../s1. The number of hydrogen-bond donors (Lipinski definition) is 0. The van der Waals surface area contributed by atoms with Crippen molar-refractivity contribution in [2.24, 2.45) is 9.98 Å². The zero-order chi connectivity index (χ0) is 24.6. The molecule has 4 aromatic carbocycles. The van der Waals surface area contributed by atoms with Gasteiger partial charge in [0.05, 0.1) is 0 Å². The number of rotatable bonds is 0. The molecule has 180 valence electrons. The van der Waals surface area contributed by atoms with Crippen molar-refractivity contribution in [1.29, 1.82) is 0 Å². The molecule has 1 heterocycles. The summed E-state index contributed by atoms with van der Waals surface area (Å²) in [6.45, 7) is 4.16. The minimum atomic E-state index is -3.26. The summed E-state index contributed by atoms with van der Waals surface area (Å²) in [4.78, 5) is 10.5. The van der Waals surface area contributed by atoms with E-state index in [9.17, 15) is 0 Å². The van der Waals surface area contributed by atoms with E-state index in [1.165, 1.54) is 12.8 Å². The van der Waals surface area contributed by atoms with Gasteiger partial charge in [-0.3, -0.25) is 0 Å². The quantitative estimate of drug-likeness (QED) is 0.210. The van der Waals surface area contributed by atoms with E-state index in [1.54, 1.807) is 0 Å².